The third kappa shape index (κ3) is 8.42. The van der Waals surface area contributed by atoms with Gasteiger partial charge in [-0.1, -0.05) is 44.2 Å². The standard InChI is InChI=1S/C27H33N5O9S/c1-18(2)13-31(42(40,41)22-10-8-21(9-11-22)32(38)39)15-24(34)23(12-19-6-4-3-5-7-19)28-25(35)16-30-14-20(17-33)26(36)29-27(30)37/h3-11,14,18,23-24,33-34H,12-13,15-17H2,1-2H3,(H,28,35)(H,29,36,37)/t23-,24+/m0/s1. The molecule has 0 spiro atoms. The molecule has 0 aliphatic heterocycles. The van der Waals surface area contributed by atoms with Crippen LogP contribution in [0.5, 0.6) is 0 Å². The average Bonchev–Trinajstić information content (AvgIpc) is 2.94. The second kappa shape index (κ2) is 14.1. The van der Waals surface area contributed by atoms with Crippen molar-refractivity contribution in [3.8, 4) is 0 Å². The molecule has 15 heteroatoms. The molecule has 3 rings (SSSR count). The maximum atomic E-state index is 13.5. The molecule has 1 aromatic heterocycles. The van der Waals surface area contributed by atoms with Crippen LogP contribution >= 0.6 is 0 Å². The normalized spacial score (nSPS) is 13.2. The maximum Gasteiger partial charge on any atom is 0.328 e. The third-order valence-corrected chi connectivity index (χ3v) is 8.17. The summed E-state index contributed by atoms with van der Waals surface area (Å²) >= 11 is 0. The summed E-state index contributed by atoms with van der Waals surface area (Å²) in [5.74, 6) is -0.860. The van der Waals surface area contributed by atoms with Crippen molar-refractivity contribution in [3.05, 3.63) is 103 Å². The quantitative estimate of drug-likeness (QED) is 0.148. The first-order valence-electron chi connectivity index (χ1n) is 13.0. The lowest BCUT2D eigenvalue weighted by atomic mass is 10.0. The number of hydrogen-bond acceptors (Lipinski definition) is 9. The Kier molecular flexibility index (Phi) is 10.9. The molecule has 4 N–H and O–H groups in total. The summed E-state index contributed by atoms with van der Waals surface area (Å²) in [6, 6.07) is 12.3. The molecule has 226 valence electrons. The second-order valence-corrected chi connectivity index (χ2v) is 12.0. The molecule has 1 amide bonds. The predicted octanol–water partition coefficient (Wildman–Crippen LogP) is 0.372. The minimum absolute atomic E-state index is 0.0130. The number of carbonyl (C=O) groups excluding carboxylic acids is 1. The van der Waals surface area contributed by atoms with E-state index in [2.05, 4.69) is 5.32 Å². The molecule has 42 heavy (non-hydrogen) atoms. The number of amides is 1. The van der Waals surface area contributed by atoms with Crippen LogP contribution in [0.25, 0.3) is 0 Å². The number of aromatic nitrogens is 2. The second-order valence-electron chi connectivity index (χ2n) is 10.1. The van der Waals surface area contributed by atoms with E-state index in [1.54, 1.807) is 44.2 Å². The first kappa shape index (κ1) is 32.3. The first-order chi connectivity index (χ1) is 19.8. The Hall–Kier alpha value is -4.18. The molecule has 0 aliphatic carbocycles. The molecule has 0 radical (unpaired) electrons. The number of carbonyl (C=O) groups is 1. The fourth-order valence-electron chi connectivity index (χ4n) is 4.25. The summed E-state index contributed by atoms with van der Waals surface area (Å²) in [5.41, 5.74) is -1.31. The number of nitro groups is 1. The van der Waals surface area contributed by atoms with E-state index in [0.717, 1.165) is 44.9 Å². The molecule has 0 bridgehead atoms. The summed E-state index contributed by atoms with van der Waals surface area (Å²) < 4.78 is 29.0. The van der Waals surface area contributed by atoms with E-state index < -0.39 is 63.9 Å². The molecular formula is C27H33N5O9S. The van der Waals surface area contributed by atoms with Gasteiger partial charge in [-0.2, -0.15) is 4.31 Å². The largest absolute Gasteiger partial charge is 0.391 e. The molecule has 0 saturated heterocycles. The van der Waals surface area contributed by atoms with Gasteiger partial charge in [0.05, 0.1) is 34.1 Å². The van der Waals surface area contributed by atoms with E-state index >= 15 is 0 Å². The molecule has 2 atom stereocenters. The molecule has 0 unspecified atom stereocenters. The molecule has 2 aromatic carbocycles. The van der Waals surface area contributed by atoms with Gasteiger partial charge in [-0.15, -0.1) is 0 Å². The highest BCUT2D eigenvalue weighted by molar-refractivity contribution is 7.89. The number of nitrogens with zero attached hydrogens (tertiary/aromatic N) is 3. The van der Waals surface area contributed by atoms with Crippen molar-refractivity contribution in [2.45, 2.75) is 50.5 Å². The van der Waals surface area contributed by atoms with Crippen molar-refractivity contribution in [3.63, 3.8) is 0 Å². The van der Waals surface area contributed by atoms with Gasteiger partial charge in [-0.3, -0.25) is 29.3 Å². The van der Waals surface area contributed by atoms with Gasteiger partial charge in [0.2, 0.25) is 15.9 Å². The van der Waals surface area contributed by atoms with Crippen LogP contribution in [0.1, 0.15) is 25.0 Å². The number of rotatable bonds is 14. The van der Waals surface area contributed by atoms with Gasteiger partial charge in [0, 0.05) is 31.4 Å². The number of non-ortho nitro benzene ring substituents is 1. The fraction of sp³-hybridized carbons (Fsp3) is 0.370. The van der Waals surface area contributed by atoms with Gasteiger partial charge < -0.3 is 15.5 Å². The number of hydrogen-bond donors (Lipinski definition) is 4. The van der Waals surface area contributed by atoms with Crippen LogP contribution in [0.3, 0.4) is 0 Å². The molecular weight excluding hydrogens is 570 g/mol. The molecule has 3 aromatic rings. The SMILES string of the molecule is CC(C)CN(C[C@@H](O)[C@H](Cc1ccccc1)NC(=O)Cn1cc(CO)c(=O)[nH]c1=O)S(=O)(=O)c1ccc([N+](=O)[O-])cc1. The molecule has 0 aliphatic rings. The Bertz CT molecular complexity index is 1600. The van der Waals surface area contributed by atoms with E-state index in [4.69, 9.17) is 0 Å². The monoisotopic (exact) mass is 603 g/mol. The summed E-state index contributed by atoms with van der Waals surface area (Å²) in [4.78, 5) is 49.1. The highest BCUT2D eigenvalue weighted by Crippen LogP contribution is 2.22. The molecule has 14 nitrogen and oxygen atoms in total. The van der Waals surface area contributed by atoms with E-state index in [1.165, 1.54) is 0 Å². The lowest BCUT2D eigenvalue weighted by molar-refractivity contribution is -0.384. The van der Waals surface area contributed by atoms with Gasteiger partial charge in [0.1, 0.15) is 6.54 Å². The highest BCUT2D eigenvalue weighted by Gasteiger charge is 2.31. The zero-order chi connectivity index (χ0) is 31.0. The minimum atomic E-state index is -4.20. The van der Waals surface area contributed by atoms with E-state index in [-0.39, 0.29) is 35.0 Å². The predicted molar refractivity (Wildman–Crippen MR) is 152 cm³/mol. The molecule has 0 saturated carbocycles. The summed E-state index contributed by atoms with van der Waals surface area (Å²) in [5, 5.41) is 34.3. The Morgan fingerprint density at radius 1 is 1.10 bits per heavy atom. The Morgan fingerprint density at radius 2 is 1.74 bits per heavy atom. The van der Waals surface area contributed by atoms with Crippen LogP contribution in [0, 0.1) is 16.0 Å². The number of aliphatic hydroxyl groups is 2. The van der Waals surface area contributed by atoms with E-state index in [9.17, 15) is 43.1 Å². The number of H-pyrrole nitrogens is 1. The van der Waals surface area contributed by atoms with Gasteiger partial charge in [0.15, 0.2) is 0 Å². The lowest BCUT2D eigenvalue weighted by Crippen LogP contribution is -2.52. The number of nitrogens with one attached hydrogen (secondary N) is 2. The van der Waals surface area contributed by atoms with Gasteiger partial charge in [-0.05, 0) is 30.0 Å². The molecule has 0 fully saturated rings. The minimum Gasteiger partial charge on any atom is -0.391 e. The number of benzene rings is 2. The fourth-order valence-corrected chi connectivity index (χ4v) is 5.87. The summed E-state index contributed by atoms with van der Waals surface area (Å²) in [7, 11) is -4.20. The van der Waals surface area contributed by atoms with Crippen LogP contribution in [0.4, 0.5) is 5.69 Å². The van der Waals surface area contributed by atoms with Crippen LogP contribution < -0.4 is 16.6 Å². The van der Waals surface area contributed by atoms with E-state index in [1.807, 2.05) is 4.98 Å². The first-order valence-corrected chi connectivity index (χ1v) is 14.4. The number of sulfonamides is 1. The Labute approximate surface area is 241 Å². The average molecular weight is 604 g/mol. The van der Waals surface area contributed by atoms with Crippen molar-refractivity contribution in [1.82, 2.24) is 19.2 Å². The third-order valence-electron chi connectivity index (χ3n) is 6.32. The van der Waals surface area contributed by atoms with Crippen molar-refractivity contribution in [2.24, 2.45) is 5.92 Å². The van der Waals surface area contributed by atoms with Crippen LogP contribution in [0.2, 0.25) is 0 Å². The number of aliphatic hydroxyl groups excluding tert-OH is 2. The van der Waals surface area contributed by atoms with Crippen molar-refractivity contribution in [1.29, 1.82) is 0 Å². The van der Waals surface area contributed by atoms with E-state index in [0.29, 0.717) is 0 Å². The van der Waals surface area contributed by atoms with Crippen LogP contribution in [-0.2, 0) is 34.4 Å². The maximum absolute atomic E-state index is 13.5. The highest BCUT2D eigenvalue weighted by atomic mass is 32.2. The Balaban J connectivity index is 1.88. The lowest BCUT2D eigenvalue weighted by Gasteiger charge is -2.30. The number of nitro benzene ring substituents is 1. The summed E-state index contributed by atoms with van der Waals surface area (Å²) in [6.45, 7) is 1.98. The zero-order valence-corrected chi connectivity index (χ0v) is 23.9. The smallest absolute Gasteiger partial charge is 0.328 e. The van der Waals surface area contributed by atoms with Crippen LogP contribution in [-0.4, -0.2) is 68.6 Å². The van der Waals surface area contributed by atoms with Gasteiger partial charge >= 0.3 is 5.69 Å². The van der Waals surface area contributed by atoms with Crippen molar-refractivity contribution in [2.75, 3.05) is 13.1 Å². The van der Waals surface area contributed by atoms with Crippen LogP contribution in [0.15, 0.2) is 75.3 Å². The number of aromatic amines is 1. The summed E-state index contributed by atoms with van der Waals surface area (Å²) in [6.07, 6.45) is -0.241. The van der Waals surface area contributed by atoms with Gasteiger partial charge in [-0.25, -0.2) is 13.2 Å². The molecule has 1 heterocycles. The topological polar surface area (TPSA) is 205 Å². The van der Waals surface area contributed by atoms with Crippen molar-refractivity contribution < 1.29 is 28.3 Å². The zero-order valence-electron chi connectivity index (χ0n) is 23.0. The van der Waals surface area contributed by atoms with Gasteiger partial charge in [0.25, 0.3) is 11.2 Å². The Morgan fingerprint density at radius 3 is 2.31 bits per heavy atom. The van der Waals surface area contributed by atoms with Crippen molar-refractivity contribution >= 4 is 21.6 Å².